The van der Waals surface area contributed by atoms with Crippen LogP contribution in [0.3, 0.4) is 0 Å². The standard InChI is InChI=1S/C11H10Cl2F2N4O3S.C9H16ClN5.C3H8NO5P.C3H9S/c1-5-16-19(11(20)18(5)10(14)15)9-4-8(17-23(2,21)22)6(12)3-7(9)13;1-5-11-7-12-6(10)13-8(14-7)15-9(2,3)4;5-3(6)1-4-2-10(7,8)9;1-4(2)3/h3-4,10,17H,1-2H3;5H2,1-4H3,(H2,11,12,13,14,15);4H,1-2H2,(H,5,6)(H2,7,8,9);1-3H3/q;;;+1/p-1. The second kappa shape index (κ2) is 21.8. The van der Waals surface area contributed by atoms with Crippen LogP contribution in [0.2, 0.25) is 15.3 Å². The molecule has 0 spiro atoms. The average molecular weight is 862 g/mol. The van der Waals surface area contributed by atoms with Gasteiger partial charge in [-0.3, -0.25) is 14.8 Å². The van der Waals surface area contributed by atoms with E-state index in [-0.39, 0.29) is 42.6 Å². The highest BCUT2D eigenvalue weighted by Gasteiger charge is 2.21. The van der Waals surface area contributed by atoms with Crippen molar-refractivity contribution in [2.45, 2.75) is 46.7 Å². The molecule has 0 fully saturated rings. The molecule has 0 bridgehead atoms. The smallest absolute Gasteiger partial charge is 0.355 e. The van der Waals surface area contributed by atoms with E-state index in [1.165, 1.54) is 13.0 Å². The minimum atomic E-state index is -4.35. The fourth-order valence-electron chi connectivity index (χ4n) is 3.12. The highest BCUT2D eigenvalue weighted by Crippen LogP contribution is 2.31. The lowest BCUT2D eigenvalue weighted by atomic mass is 10.1. The summed E-state index contributed by atoms with van der Waals surface area (Å²) in [5.74, 6) is -0.426. The molecule has 3 aromatic rings. The molecule has 0 aliphatic carbocycles. The number of benzene rings is 1. The molecule has 0 saturated heterocycles. The number of carboxylic acids is 1. The molecule has 0 aliphatic rings. The van der Waals surface area contributed by atoms with Gasteiger partial charge >= 0.3 is 18.2 Å². The largest absolute Gasteiger partial charge is 0.778 e. The van der Waals surface area contributed by atoms with Crippen LogP contribution in [-0.2, 0) is 30.3 Å². The van der Waals surface area contributed by atoms with Crippen LogP contribution in [0, 0.1) is 6.92 Å². The Labute approximate surface area is 317 Å². The molecule has 26 heteroatoms. The van der Waals surface area contributed by atoms with Crippen molar-refractivity contribution in [2.75, 3.05) is 59.8 Å². The SMILES string of the molecule is CCNc1nc(Cl)nc(NC(C)(C)C)n1.C[S+](C)C.Cc1nn(-c2cc(NS(C)(=O)=O)c(Cl)cc2Cl)c(=O)n1C(F)F.O=C(O)CNCP(=O)([O-])O. The number of halogens is 5. The fourth-order valence-corrected chi connectivity index (χ4v) is 4.81. The van der Waals surface area contributed by atoms with Gasteiger partial charge in [0.05, 0.1) is 59.3 Å². The summed E-state index contributed by atoms with van der Waals surface area (Å²) in [4.78, 5) is 51.9. The molecule has 1 aromatic carbocycles. The number of rotatable bonds is 11. The van der Waals surface area contributed by atoms with Crippen LogP contribution in [0.5, 0.6) is 0 Å². The maximum absolute atomic E-state index is 12.8. The van der Waals surface area contributed by atoms with Gasteiger partial charge in [0, 0.05) is 12.1 Å². The van der Waals surface area contributed by atoms with Crippen LogP contribution in [0.4, 0.5) is 26.4 Å². The first kappa shape index (κ1) is 49.2. The van der Waals surface area contributed by atoms with Crippen molar-refractivity contribution in [3.05, 3.63) is 43.8 Å². The molecule has 0 radical (unpaired) electrons. The maximum atomic E-state index is 12.8. The van der Waals surface area contributed by atoms with Crippen LogP contribution < -0.4 is 31.3 Å². The number of hydrogen-bond acceptors (Lipinski definition) is 13. The highest BCUT2D eigenvalue weighted by molar-refractivity contribution is 7.94. The van der Waals surface area contributed by atoms with Crippen LogP contribution in [0.25, 0.3) is 5.69 Å². The summed E-state index contributed by atoms with van der Waals surface area (Å²) in [7, 11) is -7.36. The van der Waals surface area contributed by atoms with Gasteiger partial charge in [0.25, 0.3) is 0 Å². The van der Waals surface area contributed by atoms with E-state index < -0.39 is 48.7 Å². The second-order valence-electron chi connectivity index (χ2n) is 11.5. The molecule has 0 aliphatic heterocycles. The summed E-state index contributed by atoms with van der Waals surface area (Å²) < 4.78 is 61.2. The number of alkyl halides is 2. The van der Waals surface area contributed by atoms with Crippen LogP contribution in [0.1, 0.15) is 40.1 Å². The first-order chi connectivity index (χ1) is 23.6. The molecule has 1 atom stereocenters. The van der Waals surface area contributed by atoms with Crippen molar-refractivity contribution in [1.82, 2.24) is 34.6 Å². The number of carbonyl (C=O) groups is 1. The molecule has 0 amide bonds. The van der Waals surface area contributed by atoms with Crippen molar-refractivity contribution in [2.24, 2.45) is 0 Å². The Hall–Kier alpha value is -2.82. The van der Waals surface area contributed by atoms with Crippen LogP contribution in [0.15, 0.2) is 16.9 Å². The molecular formula is C26H42Cl3F2N10O8PS2. The molecule has 2 heterocycles. The van der Waals surface area contributed by atoms with Crippen molar-refractivity contribution in [1.29, 1.82) is 0 Å². The van der Waals surface area contributed by atoms with E-state index in [4.69, 9.17) is 44.8 Å². The van der Waals surface area contributed by atoms with Crippen molar-refractivity contribution >= 4 is 86.9 Å². The Morgan fingerprint density at radius 1 is 1.10 bits per heavy atom. The molecule has 6 N–H and O–H groups in total. The number of nitrogens with zero attached hydrogens (tertiary/aromatic N) is 6. The monoisotopic (exact) mass is 860 g/mol. The van der Waals surface area contributed by atoms with Gasteiger partial charge in [-0.25, -0.2) is 17.8 Å². The Morgan fingerprint density at radius 3 is 2.06 bits per heavy atom. The van der Waals surface area contributed by atoms with Crippen molar-refractivity contribution < 1.29 is 41.5 Å². The lowest BCUT2D eigenvalue weighted by molar-refractivity contribution is -0.193. The average Bonchev–Trinajstić information content (AvgIpc) is 3.21. The molecule has 0 saturated carbocycles. The minimum absolute atomic E-state index is 0.0257. The zero-order valence-electron chi connectivity index (χ0n) is 29.5. The van der Waals surface area contributed by atoms with Gasteiger partial charge in [-0.15, -0.1) is 5.10 Å². The van der Waals surface area contributed by atoms with E-state index in [1.54, 1.807) is 0 Å². The fraction of sp³-hybridized carbons (Fsp3) is 0.538. The van der Waals surface area contributed by atoms with Gasteiger partial charge in [0.15, 0.2) is 0 Å². The lowest BCUT2D eigenvalue weighted by Crippen LogP contribution is -2.27. The summed E-state index contributed by atoms with van der Waals surface area (Å²) in [6, 6.07) is 2.31. The summed E-state index contributed by atoms with van der Waals surface area (Å²) in [6.07, 6.45) is 6.78. The Morgan fingerprint density at radius 2 is 1.63 bits per heavy atom. The Kier molecular flexibility index (Phi) is 20.6. The van der Waals surface area contributed by atoms with E-state index in [1.807, 2.05) is 33.0 Å². The number of hydrogen-bond donors (Lipinski definition) is 6. The number of aryl methyl sites for hydroxylation is 1. The topological polar surface area (TPSA) is 258 Å². The first-order valence-electron chi connectivity index (χ1n) is 14.4. The van der Waals surface area contributed by atoms with Gasteiger partial charge in [-0.2, -0.15) is 28.4 Å². The quantitative estimate of drug-likeness (QED) is 0.120. The highest BCUT2D eigenvalue weighted by atomic mass is 35.5. The van der Waals surface area contributed by atoms with E-state index in [0.717, 1.165) is 18.9 Å². The predicted octanol–water partition coefficient (Wildman–Crippen LogP) is 3.24. The zero-order chi connectivity index (χ0) is 40.8. The third kappa shape index (κ3) is 21.0. The zero-order valence-corrected chi connectivity index (χ0v) is 34.3. The number of sulfonamides is 1. The number of aliphatic carboxylic acids is 1. The third-order valence-corrected chi connectivity index (χ3v) is 6.75. The molecule has 52 heavy (non-hydrogen) atoms. The number of nitrogens with one attached hydrogen (secondary N) is 4. The Balaban J connectivity index is 0.000000770. The third-order valence-electron chi connectivity index (χ3n) is 4.75. The maximum Gasteiger partial charge on any atom is 0.355 e. The first-order valence-corrected chi connectivity index (χ1v) is 21.6. The van der Waals surface area contributed by atoms with Crippen LogP contribution in [-0.4, -0.2) is 104 Å². The molecule has 3 rings (SSSR count). The number of anilines is 3. The van der Waals surface area contributed by atoms with Crippen LogP contribution >= 0.6 is 42.4 Å². The van der Waals surface area contributed by atoms with Gasteiger partial charge < -0.3 is 30.1 Å². The molecule has 296 valence electrons. The Bertz CT molecular complexity index is 1840. The predicted molar refractivity (Wildman–Crippen MR) is 200 cm³/mol. The molecule has 18 nitrogen and oxygen atoms in total. The van der Waals surface area contributed by atoms with Gasteiger partial charge in [0.2, 0.25) is 27.2 Å². The normalized spacial score (nSPS) is 12.3. The summed E-state index contributed by atoms with van der Waals surface area (Å²) >= 11 is 17.6. The van der Waals surface area contributed by atoms with Gasteiger partial charge in [0.1, 0.15) is 13.4 Å². The van der Waals surface area contributed by atoms with Crippen molar-refractivity contribution in [3.8, 4) is 5.69 Å². The van der Waals surface area contributed by atoms with E-state index in [0.29, 0.717) is 27.5 Å². The van der Waals surface area contributed by atoms with E-state index >= 15 is 0 Å². The van der Waals surface area contributed by atoms with E-state index in [2.05, 4.69) is 54.2 Å². The minimum Gasteiger partial charge on any atom is -0.778 e. The van der Waals surface area contributed by atoms with Gasteiger partial charge in [-0.1, -0.05) is 23.2 Å². The molecular weight excluding hydrogens is 820 g/mol. The second-order valence-corrected chi connectivity index (χ2v) is 18.5. The summed E-state index contributed by atoms with van der Waals surface area (Å²) in [6.45, 7) is 6.46. The van der Waals surface area contributed by atoms with Gasteiger partial charge in [-0.05, 0) is 69.2 Å². The number of aromatic nitrogens is 6. The molecule has 1 unspecified atom stereocenters. The lowest BCUT2D eigenvalue weighted by Gasteiger charge is -2.20. The van der Waals surface area contributed by atoms with E-state index in [9.17, 15) is 36.2 Å². The molecule has 2 aromatic heterocycles. The summed E-state index contributed by atoms with van der Waals surface area (Å²) in [5, 5.41) is 19.9. The van der Waals surface area contributed by atoms with Crippen molar-refractivity contribution in [3.63, 3.8) is 0 Å². The number of carboxylic acid groups (broad SMARTS) is 1. The summed E-state index contributed by atoms with van der Waals surface area (Å²) in [5.41, 5.74) is -1.37.